The van der Waals surface area contributed by atoms with Crippen LogP contribution in [0.15, 0.2) is 24.5 Å². The first-order chi connectivity index (χ1) is 19.3. The number of ether oxygens (including phenoxy) is 1. The van der Waals surface area contributed by atoms with Crippen molar-refractivity contribution in [2.24, 2.45) is 16.9 Å². The Hall–Kier alpha value is -3.90. The summed E-state index contributed by atoms with van der Waals surface area (Å²) in [5.74, 6) is 1.12. The minimum Gasteiger partial charge on any atom is -0.421 e. The lowest BCUT2D eigenvalue weighted by atomic mass is 10.0. The van der Waals surface area contributed by atoms with E-state index in [0.29, 0.717) is 43.4 Å². The highest BCUT2D eigenvalue weighted by Gasteiger charge is 2.54. The minimum atomic E-state index is -0.317. The number of aromatic nitrogens is 4. The standard InChI is InChI=1S/C28H32FN9O2/c1-32-20-7-15(29)6-19-18(20)8-21-25(19)26(38-13-22(31)28(14-38)3-4-28)36-27(35-21)40-17-10-33-23(34-11-17)9-24(39)37-5-2-16(30)12-37/h6-7,10-11,16,22,32H,2-5,8-9,12-14,30-31H2,1H3/t16-,22+/m1/s1. The highest BCUT2D eigenvalue weighted by Crippen LogP contribution is 2.54. The number of carbonyl (C=O) groups excluding carboxylic acids is 1. The second-order valence-corrected chi connectivity index (χ2v) is 11.4. The summed E-state index contributed by atoms with van der Waals surface area (Å²) in [6.45, 7) is 2.69. The van der Waals surface area contributed by atoms with Crippen molar-refractivity contribution in [2.45, 2.75) is 44.2 Å². The van der Waals surface area contributed by atoms with E-state index >= 15 is 0 Å². The molecule has 3 aromatic rings. The van der Waals surface area contributed by atoms with E-state index in [1.807, 2.05) is 0 Å². The van der Waals surface area contributed by atoms with Crippen LogP contribution in [0.1, 0.15) is 36.3 Å². The second-order valence-electron chi connectivity index (χ2n) is 11.4. The normalized spacial score (nSPS) is 22.0. The summed E-state index contributed by atoms with van der Waals surface area (Å²) in [5, 5.41) is 3.11. The van der Waals surface area contributed by atoms with Crippen LogP contribution in [0, 0.1) is 11.2 Å². The molecule has 0 bridgehead atoms. The molecule has 2 atom stereocenters. The molecule has 1 aromatic carbocycles. The molecule has 1 amide bonds. The van der Waals surface area contributed by atoms with Crippen molar-refractivity contribution in [2.75, 3.05) is 43.4 Å². The van der Waals surface area contributed by atoms with Crippen molar-refractivity contribution in [1.29, 1.82) is 0 Å². The van der Waals surface area contributed by atoms with Crippen LogP contribution >= 0.6 is 0 Å². The van der Waals surface area contributed by atoms with Gasteiger partial charge in [0.1, 0.15) is 17.5 Å². The van der Waals surface area contributed by atoms with Crippen LogP contribution in [0.4, 0.5) is 15.9 Å². The van der Waals surface area contributed by atoms with Gasteiger partial charge in [-0.25, -0.2) is 14.4 Å². The summed E-state index contributed by atoms with van der Waals surface area (Å²) in [7, 11) is 1.78. The van der Waals surface area contributed by atoms with Gasteiger partial charge in [0, 0.05) is 68.4 Å². The zero-order valence-electron chi connectivity index (χ0n) is 22.4. The molecule has 2 aliphatic carbocycles. The zero-order chi connectivity index (χ0) is 27.6. The summed E-state index contributed by atoms with van der Waals surface area (Å²) in [6.07, 6.45) is 6.69. The molecule has 2 aliphatic heterocycles. The number of nitrogens with zero attached hydrogens (tertiary/aromatic N) is 6. The summed E-state index contributed by atoms with van der Waals surface area (Å²) < 4.78 is 20.7. The molecule has 12 heteroatoms. The van der Waals surface area contributed by atoms with Gasteiger partial charge in [-0.1, -0.05) is 0 Å². The molecular formula is C28H32FN9O2. The topological polar surface area (TPSA) is 148 Å². The minimum absolute atomic E-state index is 0.0283. The number of nitrogens with one attached hydrogen (secondary N) is 1. The van der Waals surface area contributed by atoms with Gasteiger partial charge < -0.3 is 31.3 Å². The van der Waals surface area contributed by atoms with Crippen LogP contribution in [0.5, 0.6) is 11.8 Å². The quantitative estimate of drug-likeness (QED) is 0.328. The Labute approximate surface area is 231 Å². The van der Waals surface area contributed by atoms with Crippen LogP contribution in [0.2, 0.25) is 0 Å². The predicted molar refractivity (Wildman–Crippen MR) is 147 cm³/mol. The number of hydrogen-bond acceptors (Lipinski definition) is 10. The summed E-state index contributed by atoms with van der Waals surface area (Å²) >= 11 is 0. The van der Waals surface area contributed by atoms with E-state index in [4.69, 9.17) is 26.2 Å². The maximum atomic E-state index is 14.6. The Morgan fingerprint density at radius 1 is 1.20 bits per heavy atom. The van der Waals surface area contributed by atoms with E-state index in [0.717, 1.165) is 53.9 Å². The largest absolute Gasteiger partial charge is 0.421 e. The molecule has 4 heterocycles. The number of fused-ring (bicyclic) bond motifs is 3. The number of anilines is 2. The maximum Gasteiger partial charge on any atom is 0.324 e. The van der Waals surface area contributed by atoms with Crippen molar-refractivity contribution in [3.63, 3.8) is 0 Å². The predicted octanol–water partition coefficient (Wildman–Crippen LogP) is 1.84. The first-order valence-corrected chi connectivity index (χ1v) is 13.8. The third kappa shape index (κ3) is 4.31. The lowest BCUT2D eigenvalue weighted by molar-refractivity contribution is -0.129. The van der Waals surface area contributed by atoms with E-state index in [9.17, 15) is 9.18 Å². The number of amides is 1. The first-order valence-electron chi connectivity index (χ1n) is 13.8. The molecule has 1 spiro atoms. The molecular weight excluding hydrogens is 513 g/mol. The fourth-order valence-electron chi connectivity index (χ4n) is 6.29. The Morgan fingerprint density at radius 3 is 2.67 bits per heavy atom. The van der Waals surface area contributed by atoms with Gasteiger partial charge in [-0.05, 0) is 42.5 Å². The van der Waals surface area contributed by atoms with Crippen molar-refractivity contribution in [3.8, 4) is 22.9 Å². The molecule has 40 heavy (non-hydrogen) atoms. The lowest BCUT2D eigenvalue weighted by Gasteiger charge is -2.21. The van der Waals surface area contributed by atoms with Crippen LogP contribution < -0.4 is 26.4 Å². The molecule has 4 aliphatic rings. The lowest BCUT2D eigenvalue weighted by Crippen LogP contribution is -2.33. The van der Waals surface area contributed by atoms with Crippen molar-refractivity contribution in [3.05, 3.63) is 47.4 Å². The van der Waals surface area contributed by atoms with Crippen molar-refractivity contribution in [1.82, 2.24) is 24.8 Å². The highest BCUT2D eigenvalue weighted by molar-refractivity contribution is 5.88. The van der Waals surface area contributed by atoms with Gasteiger partial charge in [0.05, 0.1) is 24.5 Å². The van der Waals surface area contributed by atoms with E-state index in [2.05, 4.69) is 20.2 Å². The summed E-state index contributed by atoms with van der Waals surface area (Å²) in [4.78, 5) is 34.7. The molecule has 5 N–H and O–H groups in total. The number of carbonyl (C=O) groups is 1. The highest BCUT2D eigenvalue weighted by atomic mass is 19.1. The fraction of sp³-hybridized carbons (Fsp3) is 0.464. The van der Waals surface area contributed by atoms with E-state index in [1.54, 1.807) is 18.0 Å². The third-order valence-corrected chi connectivity index (χ3v) is 8.72. The Bertz CT molecular complexity index is 1490. The Balaban J connectivity index is 1.18. The molecule has 11 nitrogen and oxygen atoms in total. The van der Waals surface area contributed by atoms with Gasteiger partial charge in [0.2, 0.25) is 5.91 Å². The Kier molecular flexibility index (Phi) is 5.86. The first kappa shape index (κ1) is 25.1. The molecule has 0 radical (unpaired) electrons. The molecule has 1 saturated carbocycles. The van der Waals surface area contributed by atoms with Gasteiger partial charge in [-0.2, -0.15) is 9.97 Å². The number of hydrogen-bond donors (Lipinski definition) is 3. The average Bonchev–Trinajstić information content (AvgIpc) is 3.25. The number of nitrogens with two attached hydrogens (primary N) is 2. The van der Waals surface area contributed by atoms with Gasteiger partial charge in [0.15, 0.2) is 5.75 Å². The van der Waals surface area contributed by atoms with Gasteiger partial charge in [-0.3, -0.25) is 4.79 Å². The van der Waals surface area contributed by atoms with Gasteiger partial charge in [0.25, 0.3) is 0 Å². The number of rotatable bonds is 6. The Morgan fingerprint density at radius 2 is 2.00 bits per heavy atom. The van der Waals surface area contributed by atoms with Gasteiger partial charge >= 0.3 is 6.01 Å². The number of benzene rings is 1. The van der Waals surface area contributed by atoms with Gasteiger partial charge in [-0.15, -0.1) is 0 Å². The van der Waals surface area contributed by atoms with E-state index < -0.39 is 0 Å². The molecule has 7 rings (SSSR count). The zero-order valence-corrected chi connectivity index (χ0v) is 22.4. The fourth-order valence-corrected chi connectivity index (χ4v) is 6.29. The van der Waals surface area contributed by atoms with Crippen LogP contribution in [-0.4, -0.2) is 76.1 Å². The van der Waals surface area contributed by atoms with E-state index in [1.165, 1.54) is 18.5 Å². The smallest absolute Gasteiger partial charge is 0.324 e. The average molecular weight is 546 g/mol. The molecule has 3 fully saturated rings. The number of likely N-dealkylation sites (tertiary alicyclic amines) is 1. The molecule has 2 saturated heterocycles. The van der Waals surface area contributed by atoms with E-state index in [-0.39, 0.29) is 41.7 Å². The monoisotopic (exact) mass is 545 g/mol. The molecule has 0 unspecified atom stereocenters. The SMILES string of the molecule is CNc1cc(F)cc2c1Cc1nc(Oc3cnc(CC(=O)N4CC[C@@H](N)C4)nc3)nc(N3C[C@H](N)C4(CC4)C3)c1-2. The van der Waals surface area contributed by atoms with Crippen molar-refractivity contribution < 1.29 is 13.9 Å². The third-order valence-electron chi connectivity index (χ3n) is 8.72. The van der Waals surface area contributed by atoms with Crippen LogP contribution in [-0.2, 0) is 17.6 Å². The van der Waals surface area contributed by atoms with Crippen molar-refractivity contribution >= 4 is 17.4 Å². The van der Waals surface area contributed by atoms with Crippen LogP contribution in [0.3, 0.4) is 0 Å². The van der Waals surface area contributed by atoms with Crippen LogP contribution in [0.25, 0.3) is 11.1 Å². The summed E-state index contributed by atoms with van der Waals surface area (Å²) in [5.41, 5.74) is 16.7. The molecule has 2 aromatic heterocycles. The summed E-state index contributed by atoms with van der Waals surface area (Å²) in [6, 6.07) is 3.31. The molecule has 208 valence electrons. The second kappa shape index (κ2) is 9.34. The number of halogens is 1. The maximum absolute atomic E-state index is 14.6.